The standard InChI is InChI=1S/C30H30F2N8O4.CH2O2/c1-17-13-18(3-4-19(17)28(41)35-8-9-36-29(42)21-14-30(2,43)16-38-21)39-26-27-37-15-22(40(27)11-10-34-26)20-5-6-23(44-12-7-33)25(32)24(20)31;2-1-3/h3-6,10-11,13,15,21,38,43H,8-9,12,14,16H2,1-2H3,(H,34,39)(H,35,41)(H,36,42);1H,(H,2,3)/t21-,30-;/m0./s1. The smallest absolute Gasteiger partial charge is 0.290 e. The summed E-state index contributed by atoms with van der Waals surface area (Å²) in [5.41, 5.74) is 1.41. The molecular weight excluding hydrogens is 618 g/mol. The van der Waals surface area contributed by atoms with Gasteiger partial charge in [0.05, 0.1) is 23.5 Å². The van der Waals surface area contributed by atoms with Gasteiger partial charge in [-0.2, -0.15) is 9.65 Å². The Hall–Kier alpha value is -5.66. The summed E-state index contributed by atoms with van der Waals surface area (Å²) in [5, 5.41) is 37.2. The van der Waals surface area contributed by atoms with Crippen LogP contribution in [0, 0.1) is 29.9 Å². The number of hydrogen-bond donors (Lipinski definition) is 6. The average molecular weight is 651 g/mol. The van der Waals surface area contributed by atoms with Crippen molar-refractivity contribution >= 4 is 35.4 Å². The SMILES string of the molecule is Cc1cc(Nc2nccn3c(-c4ccc(OCC#N)c(F)c4F)cnc23)ccc1C(=O)NCCNC(=O)[C@@H]1C[C@](C)(O)CN1.O=CO. The van der Waals surface area contributed by atoms with Gasteiger partial charge in [0, 0.05) is 55.3 Å². The number of fused-ring (bicyclic) bond motifs is 1. The van der Waals surface area contributed by atoms with Crippen LogP contribution in [0.4, 0.5) is 20.3 Å². The number of β-amino-alcohol motifs (C(OH)–C–C–N with tert-alkyl or cyclic N) is 1. The number of nitrogens with zero attached hydrogens (tertiary/aromatic N) is 4. The molecule has 1 aliphatic rings. The quantitative estimate of drug-likeness (QED) is 0.109. The average Bonchev–Trinajstić information content (AvgIpc) is 3.64. The molecule has 2 atom stereocenters. The number of carbonyl (C=O) groups is 3. The van der Waals surface area contributed by atoms with E-state index in [4.69, 9.17) is 19.9 Å². The topological polar surface area (TPSA) is 203 Å². The fourth-order valence-electron chi connectivity index (χ4n) is 4.98. The molecule has 2 aromatic carbocycles. The van der Waals surface area contributed by atoms with Crippen LogP contribution in [0.15, 0.2) is 48.9 Å². The van der Waals surface area contributed by atoms with E-state index in [0.29, 0.717) is 41.2 Å². The van der Waals surface area contributed by atoms with Gasteiger partial charge in [-0.25, -0.2) is 14.4 Å². The highest BCUT2D eigenvalue weighted by molar-refractivity contribution is 5.96. The van der Waals surface area contributed by atoms with Crippen molar-refractivity contribution in [3.63, 3.8) is 0 Å². The van der Waals surface area contributed by atoms with Gasteiger partial charge in [0.1, 0.15) is 6.07 Å². The number of benzene rings is 2. The molecule has 16 heteroatoms. The van der Waals surface area contributed by atoms with E-state index in [-0.39, 0.29) is 48.4 Å². The van der Waals surface area contributed by atoms with Gasteiger partial charge < -0.3 is 36.2 Å². The molecule has 1 fully saturated rings. The number of ether oxygens (including phenoxy) is 1. The molecule has 0 radical (unpaired) electrons. The first-order valence-corrected chi connectivity index (χ1v) is 14.3. The molecule has 5 rings (SSSR count). The monoisotopic (exact) mass is 650 g/mol. The van der Waals surface area contributed by atoms with Gasteiger partial charge in [-0.3, -0.25) is 18.8 Å². The summed E-state index contributed by atoms with van der Waals surface area (Å²) in [6.07, 6.45) is 4.77. The summed E-state index contributed by atoms with van der Waals surface area (Å²) < 4.78 is 36.0. The summed E-state index contributed by atoms with van der Waals surface area (Å²) in [5.74, 6) is -2.89. The van der Waals surface area contributed by atoms with Gasteiger partial charge >= 0.3 is 0 Å². The van der Waals surface area contributed by atoms with Crippen LogP contribution in [0.1, 0.15) is 29.3 Å². The van der Waals surface area contributed by atoms with E-state index in [2.05, 4.69) is 31.2 Å². The third-order valence-electron chi connectivity index (χ3n) is 7.18. The molecule has 14 nitrogen and oxygen atoms in total. The van der Waals surface area contributed by atoms with Crippen LogP contribution in [0.3, 0.4) is 0 Å². The number of aromatic nitrogens is 3. The van der Waals surface area contributed by atoms with Gasteiger partial charge in [-0.05, 0) is 49.7 Å². The molecule has 0 unspecified atom stereocenters. The minimum Gasteiger partial charge on any atom is -0.483 e. The van der Waals surface area contributed by atoms with Crippen molar-refractivity contribution in [3.8, 4) is 23.1 Å². The number of nitriles is 1. The van der Waals surface area contributed by atoms with E-state index in [0.717, 1.165) is 0 Å². The maximum absolute atomic E-state index is 14.9. The van der Waals surface area contributed by atoms with Gasteiger partial charge in [-0.15, -0.1) is 0 Å². The van der Waals surface area contributed by atoms with Crippen LogP contribution in [0.25, 0.3) is 16.9 Å². The zero-order chi connectivity index (χ0) is 34.1. The Bertz CT molecular complexity index is 1820. The Balaban J connectivity index is 0.00000160. The first kappa shape index (κ1) is 34.2. The van der Waals surface area contributed by atoms with E-state index in [1.54, 1.807) is 48.7 Å². The highest BCUT2D eigenvalue weighted by Gasteiger charge is 2.36. The molecule has 1 saturated heterocycles. The van der Waals surface area contributed by atoms with E-state index in [1.165, 1.54) is 24.5 Å². The normalized spacial score (nSPS) is 16.8. The molecule has 47 heavy (non-hydrogen) atoms. The van der Waals surface area contributed by atoms with Crippen LogP contribution in [0.5, 0.6) is 5.75 Å². The Kier molecular flexibility index (Phi) is 11.0. The highest BCUT2D eigenvalue weighted by atomic mass is 19.2. The number of rotatable bonds is 10. The lowest BCUT2D eigenvalue weighted by molar-refractivity contribution is -0.123. The number of carbonyl (C=O) groups excluding carboxylic acids is 2. The molecule has 246 valence electrons. The highest BCUT2D eigenvalue weighted by Crippen LogP contribution is 2.32. The molecule has 0 spiro atoms. The number of nitrogens with one attached hydrogen (secondary N) is 4. The van der Waals surface area contributed by atoms with Gasteiger partial charge in [0.15, 0.2) is 29.6 Å². The second kappa shape index (κ2) is 15.1. The maximum Gasteiger partial charge on any atom is 0.290 e. The Morgan fingerprint density at radius 1 is 1.21 bits per heavy atom. The number of anilines is 2. The van der Waals surface area contributed by atoms with Gasteiger partial charge in [-0.1, -0.05) is 0 Å². The minimum absolute atomic E-state index is 0.0504. The maximum atomic E-state index is 14.9. The number of imidazole rings is 1. The Morgan fingerprint density at radius 2 is 1.96 bits per heavy atom. The van der Waals surface area contributed by atoms with Crippen LogP contribution in [-0.4, -0.2) is 80.8 Å². The summed E-state index contributed by atoms with van der Waals surface area (Å²) >= 11 is 0. The zero-order valence-corrected chi connectivity index (χ0v) is 25.4. The lowest BCUT2D eigenvalue weighted by atomic mass is 10.0. The van der Waals surface area contributed by atoms with E-state index in [1.807, 2.05) is 0 Å². The van der Waals surface area contributed by atoms with Gasteiger partial charge in [0.2, 0.25) is 11.7 Å². The van der Waals surface area contributed by atoms with Crippen molar-refractivity contribution < 1.29 is 38.1 Å². The van der Waals surface area contributed by atoms with Crippen molar-refractivity contribution in [1.29, 1.82) is 5.26 Å². The van der Waals surface area contributed by atoms with E-state index < -0.39 is 29.9 Å². The lowest BCUT2D eigenvalue weighted by Gasteiger charge is -2.15. The number of hydrogen-bond acceptors (Lipinski definition) is 10. The lowest BCUT2D eigenvalue weighted by Crippen LogP contribution is -2.43. The van der Waals surface area contributed by atoms with Gasteiger partial charge in [0.25, 0.3) is 12.4 Å². The summed E-state index contributed by atoms with van der Waals surface area (Å²) in [6.45, 7) is 3.59. The third kappa shape index (κ3) is 8.14. The molecule has 2 amide bonds. The molecule has 3 heterocycles. The molecule has 1 aliphatic heterocycles. The molecule has 4 aromatic rings. The number of carboxylic acid groups (broad SMARTS) is 1. The van der Waals surface area contributed by atoms with Crippen LogP contribution >= 0.6 is 0 Å². The first-order valence-electron chi connectivity index (χ1n) is 14.3. The third-order valence-corrected chi connectivity index (χ3v) is 7.18. The van der Waals surface area contributed by atoms with Crippen LogP contribution in [-0.2, 0) is 9.59 Å². The first-order chi connectivity index (χ1) is 22.5. The van der Waals surface area contributed by atoms with Crippen LogP contribution in [0.2, 0.25) is 0 Å². The Morgan fingerprint density at radius 3 is 2.64 bits per heavy atom. The Labute approximate surface area is 267 Å². The van der Waals surface area contributed by atoms with Crippen molar-refractivity contribution in [2.24, 2.45) is 0 Å². The van der Waals surface area contributed by atoms with Crippen molar-refractivity contribution in [3.05, 3.63) is 71.7 Å². The zero-order valence-electron chi connectivity index (χ0n) is 25.4. The molecule has 0 bridgehead atoms. The van der Waals surface area contributed by atoms with Crippen molar-refractivity contribution in [2.75, 3.05) is 31.6 Å². The molecular formula is C31H32F2N8O6. The fourth-order valence-corrected chi connectivity index (χ4v) is 4.98. The fraction of sp³-hybridized carbons (Fsp3) is 0.290. The summed E-state index contributed by atoms with van der Waals surface area (Å²) in [7, 11) is 0. The molecule has 6 N–H and O–H groups in total. The number of aryl methyl sites for hydroxylation is 1. The summed E-state index contributed by atoms with van der Waals surface area (Å²) in [4.78, 5) is 42.1. The van der Waals surface area contributed by atoms with Crippen LogP contribution < -0.4 is 26.0 Å². The number of amides is 2. The van der Waals surface area contributed by atoms with E-state index >= 15 is 0 Å². The molecule has 0 aliphatic carbocycles. The van der Waals surface area contributed by atoms with Crippen molar-refractivity contribution in [2.45, 2.75) is 31.9 Å². The predicted octanol–water partition coefficient (Wildman–Crippen LogP) is 2.29. The van der Waals surface area contributed by atoms with E-state index in [9.17, 15) is 23.5 Å². The molecule has 0 saturated carbocycles. The number of aliphatic hydroxyl groups is 1. The minimum atomic E-state index is -1.21. The summed E-state index contributed by atoms with van der Waals surface area (Å²) in [6, 6.07) is 8.96. The second-order valence-electron chi connectivity index (χ2n) is 10.7. The largest absolute Gasteiger partial charge is 0.483 e. The predicted molar refractivity (Wildman–Crippen MR) is 165 cm³/mol. The molecule has 2 aromatic heterocycles. The number of halogens is 2. The van der Waals surface area contributed by atoms with Crippen molar-refractivity contribution in [1.82, 2.24) is 30.3 Å². The second-order valence-corrected chi connectivity index (χ2v) is 10.7.